The largest absolute Gasteiger partial charge is 0.329 e. The molecule has 98 valence electrons. The van der Waals surface area contributed by atoms with Gasteiger partial charge in [0.15, 0.2) is 0 Å². The number of halogens is 3. The van der Waals surface area contributed by atoms with Gasteiger partial charge in [-0.3, -0.25) is 0 Å². The molecule has 1 rings (SSSR count). The first-order chi connectivity index (χ1) is 7.36. The van der Waals surface area contributed by atoms with Gasteiger partial charge in [0.1, 0.15) is 4.90 Å². The minimum absolute atomic E-state index is 0. The van der Waals surface area contributed by atoms with Crippen LogP contribution < -0.4 is 10.5 Å². The van der Waals surface area contributed by atoms with E-state index in [4.69, 9.17) is 17.3 Å². The van der Waals surface area contributed by atoms with E-state index in [9.17, 15) is 8.42 Å². The highest BCUT2D eigenvalue weighted by molar-refractivity contribution is 9.10. The van der Waals surface area contributed by atoms with Crippen molar-refractivity contribution in [1.29, 1.82) is 0 Å². The first-order valence-electron chi connectivity index (χ1n) is 4.54. The summed E-state index contributed by atoms with van der Waals surface area (Å²) in [5.74, 6) is 0. The van der Waals surface area contributed by atoms with Crippen molar-refractivity contribution in [1.82, 2.24) is 4.72 Å². The summed E-state index contributed by atoms with van der Waals surface area (Å²) in [7, 11) is -3.60. The Hall–Kier alpha value is 0.150. The molecule has 0 amide bonds. The molecular weight excluding hydrogens is 351 g/mol. The lowest BCUT2D eigenvalue weighted by atomic mass is 10.4. The van der Waals surface area contributed by atoms with E-state index in [0.717, 1.165) is 4.47 Å². The van der Waals surface area contributed by atoms with E-state index in [1.165, 1.54) is 12.1 Å². The molecule has 0 fully saturated rings. The monoisotopic (exact) mass is 362 g/mol. The second kappa shape index (κ2) is 6.92. The predicted molar refractivity (Wildman–Crippen MR) is 75.2 cm³/mol. The minimum atomic E-state index is -3.60. The van der Waals surface area contributed by atoms with E-state index >= 15 is 0 Å². The molecule has 0 saturated heterocycles. The third-order valence-electron chi connectivity index (χ3n) is 1.89. The van der Waals surface area contributed by atoms with Crippen LogP contribution in [0.2, 0.25) is 5.02 Å². The molecule has 0 unspecified atom stereocenters. The Labute approximate surface area is 121 Å². The van der Waals surface area contributed by atoms with E-state index < -0.39 is 10.0 Å². The van der Waals surface area contributed by atoms with Crippen molar-refractivity contribution < 1.29 is 8.42 Å². The van der Waals surface area contributed by atoms with E-state index in [1.54, 1.807) is 13.0 Å². The quantitative estimate of drug-likeness (QED) is 0.860. The molecule has 0 radical (unpaired) electrons. The van der Waals surface area contributed by atoms with Crippen LogP contribution in [0.15, 0.2) is 27.6 Å². The van der Waals surface area contributed by atoms with Gasteiger partial charge in [-0.05, 0) is 25.1 Å². The Bertz CT molecular complexity index is 482. The lowest BCUT2D eigenvalue weighted by Crippen LogP contribution is -2.37. The summed E-state index contributed by atoms with van der Waals surface area (Å²) >= 11 is 9.07. The molecule has 4 nitrogen and oxygen atoms in total. The lowest BCUT2D eigenvalue weighted by Gasteiger charge is -2.12. The second-order valence-electron chi connectivity index (χ2n) is 3.33. The number of sulfonamides is 1. The molecule has 0 aromatic heterocycles. The zero-order valence-corrected chi connectivity index (χ0v) is 13.0. The average molecular weight is 364 g/mol. The standard InChI is InChI=1S/C9H12BrClN2O2S.ClH/c1-6(5-12)13-16(14,15)9-3-2-7(10)4-8(9)11;/h2-4,6,13H,5,12H2,1H3;1H/t6-;/m0./s1. The Morgan fingerprint density at radius 1 is 1.53 bits per heavy atom. The average Bonchev–Trinajstić information content (AvgIpc) is 2.16. The van der Waals surface area contributed by atoms with Gasteiger partial charge in [0, 0.05) is 17.1 Å². The molecule has 17 heavy (non-hydrogen) atoms. The van der Waals surface area contributed by atoms with Gasteiger partial charge >= 0.3 is 0 Å². The normalized spacial score (nSPS) is 12.9. The Kier molecular flexibility index (Phi) is 6.98. The summed E-state index contributed by atoms with van der Waals surface area (Å²) < 4.78 is 26.9. The zero-order chi connectivity index (χ0) is 12.3. The Balaban J connectivity index is 0.00000256. The van der Waals surface area contributed by atoms with Crippen LogP contribution in [-0.2, 0) is 10.0 Å². The summed E-state index contributed by atoms with van der Waals surface area (Å²) in [6.07, 6.45) is 0. The van der Waals surface area contributed by atoms with Crippen LogP contribution in [-0.4, -0.2) is 21.0 Å². The van der Waals surface area contributed by atoms with Gasteiger partial charge in [0.05, 0.1) is 5.02 Å². The van der Waals surface area contributed by atoms with E-state index in [2.05, 4.69) is 20.7 Å². The summed E-state index contributed by atoms with van der Waals surface area (Å²) in [5, 5.41) is 0.172. The highest BCUT2D eigenvalue weighted by Gasteiger charge is 2.19. The van der Waals surface area contributed by atoms with Crippen molar-refractivity contribution in [2.75, 3.05) is 6.54 Å². The fourth-order valence-corrected chi connectivity index (χ4v) is 3.36. The van der Waals surface area contributed by atoms with Crippen LogP contribution in [0.1, 0.15) is 6.92 Å². The maximum atomic E-state index is 11.9. The van der Waals surface area contributed by atoms with Crippen LogP contribution in [0.4, 0.5) is 0 Å². The molecule has 0 saturated carbocycles. The topological polar surface area (TPSA) is 72.2 Å². The summed E-state index contributed by atoms with van der Waals surface area (Å²) in [6.45, 7) is 1.91. The fraction of sp³-hybridized carbons (Fsp3) is 0.333. The molecule has 0 aliphatic carbocycles. The highest BCUT2D eigenvalue weighted by atomic mass is 79.9. The summed E-state index contributed by atoms with van der Waals surface area (Å²) in [5.41, 5.74) is 5.35. The second-order valence-corrected chi connectivity index (χ2v) is 6.34. The van der Waals surface area contributed by atoms with Gasteiger partial charge in [0.25, 0.3) is 0 Å². The number of hydrogen-bond donors (Lipinski definition) is 2. The predicted octanol–water partition coefficient (Wildman–Crippen LogP) is 2.15. The van der Waals surface area contributed by atoms with Crippen molar-refractivity contribution in [3.05, 3.63) is 27.7 Å². The molecule has 1 aromatic carbocycles. The van der Waals surface area contributed by atoms with Gasteiger partial charge in [-0.25, -0.2) is 13.1 Å². The maximum Gasteiger partial charge on any atom is 0.242 e. The molecule has 3 N–H and O–H groups in total. The van der Waals surface area contributed by atoms with Crippen molar-refractivity contribution in [2.24, 2.45) is 5.73 Å². The number of hydrogen-bond acceptors (Lipinski definition) is 3. The first-order valence-corrected chi connectivity index (χ1v) is 7.19. The van der Waals surface area contributed by atoms with Crippen LogP contribution in [0.5, 0.6) is 0 Å². The zero-order valence-electron chi connectivity index (χ0n) is 8.98. The van der Waals surface area contributed by atoms with Crippen molar-refractivity contribution >= 4 is 50.0 Å². The molecule has 0 bridgehead atoms. The minimum Gasteiger partial charge on any atom is -0.329 e. The lowest BCUT2D eigenvalue weighted by molar-refractivity contribution is 0.563. The fourth-order valence-electron chi connectivity index (χ4n) is 1.07. The van der Waals surface area contributed by atoms with Crippen molar-refractivity contribution in [3.8, 4) is 0 Å². The molecule has 0 heterocycles. The molecule has 1 atom stereocenters. The number of benzene rings is 1. The smallest absolute Gasteiger partial charge is 0.242 e. The van der Waals surface area contributed by atoms with Crippen LogP contribution in [0.25, 0.3) is 0 Å². The van der Waals surface area contributed by atoms with Crippen LogP contribution in [0, 0.1) is 0 Å². The van der Waals surface area contributed by atoms with Crippen LogP contribution >= 0.6 is 39.9 Å². The number of nitrogens with one attached hydrogen (secondary N) is 1. The molecule has 0 aliphatic rings. The van der Waals surface area contributed by atoms with E-state index in [0.29, 0.717) is 0 Å². The van der Waals surface area contributed by atoms with Gasteiger partial charge in [-0.2, -0.15) is 0 Å². The molecule has 8 heteroatoms. The molecular formula is C9H13BrCl2N2O2S. The third kappa shape index (κ3) is 4.73. The summed E-state index contributed by atoms with van der Waals surface area (Å²) in [4.78, 5) is 0.0534. The third-order valence-corrected chi connectivity index (χ3v) is 4.46. The van der Waals surface area contributed by atoms with E-state index in [1.807, 2.05) is 0 Å². The number of nitrogens with two attached hydrogens (primary N) is 1. The molecule has 0 aliphatic heterocycles. The Morgan fingerprint density at radius 3 is 2.59 bits per heavy atom. The van der Waals surface area contributed by atoms with E-state index in [-0.39, 0.29) is 34.9 Å². The summed E-state index contributed by atoms with van der Waals surface area (Å²) in [6, 6.07) is 4.26. The van der Waals surface area contributed by atoms with Crippen molar-refractivity contribution in [3.63, 3.8) is 0 Å². The van der Waals surface area contributed by atoms with Crippen LogP contribution in [0.3, 0.4) is 0 Å². The van der Waals surface area contributed by atoms with Crippen molar-refractivity contribution in [2.45, 2.75) is 17.9 Å². The van der Waals surface area contributed by atoms with Gasteiger partial charge in [0.2, 0.25) is 10.0 Å². The molecule has 1 aromatic rings. The molecule has 0 spiro atoms. The van der Waals surface area contributed by atoms with Gasteiger partial charge in [-0.1, -0.05) is 27.5 Å². The highest BCUT2D eigenvalue weighted by Crippen LogP contribution is 2.25. The Morgan fingerprint density at radius 2 is 2.12 bits per heavy atom. The van der Waals surface area contributed by atoms with Gasteiger partial charge < -0.3 is 5.73 Å². The number of rotatable bonds is 4. The SMILES string of the molecule is C[C@@H](CN)NS(=O)(=O)c1ccc(Br)cc1Cl.Cl. The first kappa shape index (κ1) is 17.2. The maximum absolute atomic E-state index is 11.9. The van der Waals surface area contributed by atoms with Gasteiger partial charge in [-0.15, -0.1) is 12.4 Å².